The number of carboxylic acid groups (broad SMARTS) is 1. The number of benzene rings is 1. The maximum atomic E-state index is 12.8. The summed E-state index contributed by atoms with van der Waals surface area (Å²) in [5.74, 6) is -3.70. The van der Waals surface area contributed by atoms with Crippen LogP contribution < -0.4 is 21.7 Å². The molecule has 35 heavy (non-hydrogen) atoms. The number of rotatable bonds is 13. The molecule has 3 amide bonds. The fraction of sp³-hybridized carbons (Fsp3) is 0.409. The molecule has 190 valence electrons. The molecule has 0 aliphatic heterocycles. The van der Waals surface area contributed by atoms with Crippen LogP contribution in [-0.4, -0.2) is 79.9 Å². The number of hydrogen-bond donors (Lipinski definition) is 8. The van der Waals surface area contributed by atoms with Crippen LogP contribution in [0.15, 0.2) is 42.9 Å². The van der Waals surface area contributed by atoms with Crippen LogP contribution in [0.4, 0.5) is 0 Å². The molecule has 0 saturated carbocycles. The molecular formula is C22H30N6O6S. The van der Waals surface area contributed by atoms with Crippen LogP contribution in [0.25, 0.3) is 0 Å². The first-order valence-corrected chi connectivity index (χ1v) is 11.4. The van der Waals surface area contributed by atoms with Crippen molar-refractivity contribution in [2.24, 2.45) is 5.73 Å². The van der Waals surface area contributed by atoms with Crippen LogP contribution in [0.3, 0.4) is 0 Å². The number of carbonyl (C=O) groups excluding carboxylic acids is 3. The number of aliphatic hydroxyl groups excluding tert-OH is 1. The van der Waals surface area contributed by atoms with Crippen molar-refractivity contribution >= 4 is 36.3 Å². The number of aromatic nitrogens is 2. The van der Waals surface area contributed by atoms with Crippen LogP contribution in [0.5, 0.6) is 0 Å². The second-order valence-corrected chi connectivity index (χ2v) is 8.31. The number of carboxylic acids is 1. The number of aliphatic hydroxyl groups is 1. The van der Waals surface area contributed by atoms with Gasteiger partial charge in [-0.1, -0.05) is 30.3 Å². The number of hydrogen-bond acceptors (Lipinski definition) is 8. The number of aromatic amines is 1. The van der Waals surface area contributed by atoms with E-state index in [1.54, 1.807) is 30.3 Å². The number of aliphatic carboxylic acids is 1. The van der Waals surface area contributed by atoms with Crippen molar-refractivity contribution in [1.29, 1.82) is 0 Å². The Morgan fingerprint density at radius 3 is 2.23 bits per heavy atom. The number of nitrogens with zero attached hydrogens (tertiary/aromatic N) is 1. The molecule has 2 aromatic rings. The second kappa shape index (κ2) is 13.5. The van der Waals surface area contributed by atoms with Crippen LogP contribution in [0.2, 0.25) is 0 Å². The smallest absolute Gasteiger partial charge is 0.326 e. The van der Waals surface area contributed by atoms with Crippen molar-refractivity contribution < 1.29 is 29.4 Å². The minimum absolute atomic E-state index is 0.00588. The van der Waals surface area contributed by atoms with Gasteiger partial charge in [0.05, 0.1) is 18.5 Å². The number of nitrogens with one attached hydrogen (secondary N) is 4. The van der Waals surface area contributed by atoms with Gasteiger partial charge in [-0.25, -0.2) is 9.78 Å². The Morgan fingerprint density at radius 1 is 1.03 bits per heavy atom. The molecule has 5 atom stereocenters. The quantitative estimate of drug-likeness (QED) is 0.148. The zero-order valence-electron chi connectivity index (χ0n) is 19.0. The predicted octanol–water partition coefficient (Wildman–Crippen LogP) is -1.63. The van der Waals surface area contributed by atoms with E-state index < -0.39 is 54.0 Å². The summed E-state index contributed by atoms with van der Waals surface area (Å²) in [7, 11) is 0. The molecule has 1 heterocycles. The summed E-state index contributed by atoms with van der Waals surface area (Å²) < 4.78 is 0. The number of carbonyl (C=O) groups is 4. The molecule has 0 aliphatic rings. The monoisotopic (exact) mass is 506 g/mol. The molecular weight excluding hydrogens is 476 g/mol. The van der Waals surface area contributed by atoms with Crippen molar-refractivity contribution in [3.05, 3.63) is 54.1 Å². The lowest BCUT2D eigenvalue weighted by Crippen LogP contribution is -2.60. The summed E-state index contributed by atoms with van der Waals surface area (Å²) >= 11 is 4.08. The third kappa shape index (κ3) is 8.70. The molecule has 2 rings (SSSR count). The lowest BCUT2D eigenvalue weighted by atomic mass is 10.0. The summed E-state index contributed by atoms with van der Waals surface area (Å²) in [5, 5.41) is 26.8. The SMILES string of the molecule is CC(O)C(NC(=O)C(CS)NC(=O)C(N)Cc1cnc[nH]1)C(=O)NC(Cc1ccccc1)C(=O)O. The van der Waals surface area contributed by atoms with Crippen molar-refractivity contribution in [3.8, 4) is 0 Å². The van der Waals surface area contributed by atoms with Crippen molar-refractivity contribution in [1.82, 2.24) is 25.9 Å². The summed E-state index contributed by atoms with van der Waals surface area (Å²) in [4.78, 5) is 56.2. The highest BCUT2D eigenvalue weighted by Gasteiger charge is 2.32. The number of thiol groups is 1. The minimum atomic E-state index is -1.47. The van der Waals surface area contributed by atoms with Gasteiger partial charge in [0.25, 0.3) is 0 Å². The Labute approximate surface area is 207 Å². The molecule has 1 aromatic heterocycles. The van der Waals surface area contributed by atoms with E-state index >= 15 is 0 Å². The standard InChI is InChI=1S/C22H30N6O6S/c1-12(29)18(21(32)26-16(22(33)34)7-13-5-3-2-4-6-13)28-20(31)17(10-35)27-19(30)15(23)8-14-9-24-11-25-14/h2-6,9,11-12,15-18,29,35H,7-8,10,23H2,1H3,(H,24,25)(H,26,32)(H,27,30)(H,28,31)(H,33,34). The van der Waals surface area contributed by atoms with Gasteiger partial charge < -0.3 is 36.9 Å². The van der Waals surface area contributed by atoms with Gasteiger partial charge in [0.1, 0.15) is 18.1 Å². The average Bonchev–Trinajstić information content (AvgIpc) is 3.33. The Kier molecular flexibility index (Phi) is 10.7. The van der Waals surface area contributed by atoms with E-state index in [1.165, 1.54) is 19.4 Å². The van der Waals surface area contributed by atoms with Gasteiger partial charge in [0.2, 0.25) is 17.7 Å². The van der Waals surface area contributed by atoms with Gasteiger partial charge in [0.15, 0.2) is 0 Å². The zero-order valence-corrected chi connectivity index (χ0v) is 19.9. The molecule has 0 fully saturated rings. The van der Waals surface area contributed by atoms with Crippen LogP contribution in [-0.2, 0) is 32.0 Å². The molecule has 1 aromatic carbocycles. The largest absolute Gasteiger partial charge is 0.480 e. The van der Waals surface area contributed by atoms with E-state index in [9.17, 15) is 29.4 Å². The average molecular weight is 507 g/mol. The maximum Gasteiger partial charge on any atom is 0.326 e. The van der Waals surface area contributed by atoms with Gasteiger partial charge in [-0.2, -0.15) is 12.6 Å². The molecule has 0 bridgehead atoms. The number of nitrogens with two attached hydrogens (primary N) is 1. The lowest BCUT2D eigenvalue weighted by molar-refractivity contribution is -0.143. The Balaban J connectivity index is 2.01. The Morgan fingerprint density at radius 2 is 1.69 bits per heavy atom. The van der Waals surface area contributed by atoms with E-state index in [0.717, 1.165) is 0 Å². The summed E-state index contributed by atoms with van der Waals surface area (Å²) in [6.07, 6.45) is 1.77. The highest BCUT2D eigenvalue weighted by molar-refractivity contribution is 7.80. The Bertz CT molecular complexity index is 988. The normalized spacial score (nSPS) is 15.2. The first-order valence-electron chi connectivity index (χ1n) is 10.8. The van der Waals surface area contributed by atoms with Gasteiger partial charge in [-0.3, -0.25) is 14.4 Å². The van der Waals surface area contributed by atoms with E-state index in [4.69, 9.17) is 5.73 Å². The topological polar surface area (TPSA) is 200 Å². The van der Waals surface area contributed by atoms with Gasteiger partial charge in [0, 0.05) is 30.5 Å². The van der Waals surface area contributed by atoms with Crippen LogP contribution in [0, 0.1) is 0 Å². The van der Waals surface area contributed by atoms with Crippen LogP contribution in [0.1, 0.15) is 18.2 Å². The first-order chi connectivity index (χ1) is 16.6. The predicted molar refractivity (Wildman–Crippen MR) is 129 cm³/mol. The molecule has 8 N–H and O–H groups in total. The zero-order chi connectivity index (χ0) is 26.0. The third-order valence-electron chi connectivity index (χ3n) is 5.11. The van der Waals surface area contributed by atoms with Crippen LogP contribution >= 0.6 is 12.6 Å². The summed E-state index contributed by atoms with van der Waals surface area (Å²) in [6, 6.07) is 3.78. The van der Waals surface area contributed by atoms with E-state index in [2.05, 4.69) is 38.5 Å². The second-order valence-electron chi connectivity index (χ2n) is 7.95. The summed E-state index contributed by atoms with van der Waals surface area (Å²) in [6.45, 7) is 1.27. The minimum Gasteiger partial charge on any atom is -0.480 e. The van der Waals surface area contributed by atoms with Crippen molar-refractivity contribution in [2.75, 3.05) is 5.75 Å². The molecule has 0 aliphatic carbocycles. The Hall–Kier alpha value is -3.42. The maximum absolute atomic E-state index is 12.8. The molecule has 12 nitrogen and oxygen atoms in total. The fourth-order valence-electron chi connectivity index (χ4n) is 3.17. The summed E-state index contributed by atoms with van der Waals surface area (Å²) in [5.41, 5.74) is 7.20. The molecule has 0 saturated heterocycles. The molecule has 0 radical (unpaired) electrons. The molecule has 0 spiro atoms. The number of H-pyrrole nitrogens is 1. The van der Waals surface area contributed by atoms with E-state index in [-0.39, 0.29) is 18.6 Å². The van der Waals surface area contributed by atoms with Gasteiger partial charge >= 0.3 is 5.97 Å². The molecule has 5 unspecified atom stereocenters. The highest BCUT2D eigenvalue weighted by atomic mass is 32.1. The lowest BCUT2D eigenvalue weighted by Gasteiger charge is -2.26. The van der Waals surface area contributed by atoms with Gasteiger partial charge in [-0.15, -0.1) is 0 Å². The number of amides is 3. The first kappa shape index (κ1) is 27.8. The van der Waals surface area contributed by atoms with Crippen molar-refractivity contribution in [3.63, 3.8) is 0 Å². The highest BCUT2D eigenvalue weighted by Crippen LogP contribution is 2.05. The van der Waals surface area contributed by atoms with Crippen molar-refractivity contribution in [2.45, 2.75) is 50.0 Å². The van der Waals surface area contributed by atoms with Gasteiger partial charge in [-0.05, 0) is 12.5 Å². The fourth-order valence-corrected chi connectivity index (χ4v) is 3.43. The third-order valence-corrected chi connectivity index (χ3v) is 5.47. The molecule has 13 heteroatoms. The van der Waals surface area contributed by atoms with E-state index in [0.29, 0.717) is 11.3 Å². The number of imidazole rings is 1. The van der Waals surface area contributed by atoms with E-state index in [1.807, 2.05) is 0 Å².